The molecule has 0 saturated carbocycles. The van der Waals surface area contributed by atoms with Gasteiger partial charge in [-0.2, -0.15) is 0 Å². The first-order valence-corrected chi connectivity index (χ1v) is 4.41. The first-order valence-electron chi connectivity index (χ1n) is 4.41. The third-order valence-electron chi connectivity index (χ3n) is 2.73. The fraction of sp³-hybridized carbons (Fsp3) is 1.00. The molecule has 1 unspecified atom stereocenters. The van der Waals surface area contributed by atoms with E-state index in [9.17, 15) is 0 Å². The first kappa shape index (κ1) is 6.62. The van der Waals surface area contributed by atoms with E-state index < -0.39 is 0 Å². The molecule has 2 aliphatic heterocycles. The molecule has 0 aromatic carbocycles. The van der Waals surface area contributed by atoms with Crippen molar-refractivity contribution in [1.82, 2.24) is 10.6 Å². The van der Waals surface area contributed by atoms with E-state index in [0.29, 0.717) is 0 Å². The zero-order valence-corrected chi connectivity index (χ0v) is 6.40. The summed E-state index contributed by atoms with van der Waals surface area (Å²) in [6, 6.07) is 0.843. The molecular formula is C8H16N2. The minimum atomic E-state index is 0.843. The topological polar surface area (TPSA) is 24.1 Å². The highest BCUT2D eigenvalue weighted by Crippen LogP contribution is 2.17. The smallest absolute Gasteiger partial charge is 0.0120 e. The van der Waals surface area contributed by atoms with Crippen LogP contribution in [0.25, 0.3) is 0 Å². The number of rotatable bonds is 1. The van der Waals surface area contributed by atoms with E-state index in [1.807, 2.05) is 0 Å². The van der Waals surface area contributed by atoms with Crippen molar-refractivity contribution in [1.29, 1.82) is 0 Å². The average molecular weight is 140 g/mol. The lowest BCUT2D eigenvalue weighted by Crippen LogP contribution is -2.54. The molecule has 0 spiro atoms. The van der Waals surface area contributed by atoms with Gasteiger partial charge in [0.15, 0.2) is 0 Å². The second-order valence-corrected chi connectivity index (χ2v) is 3.47. The molecular weight excluding hydrogens is 124 g/mol. The Morgan fingerprint density at radius 1 is 1.10 bits per heavy atom. The van der Waals surface area contributed by atoms with Gasteiger partial charge < -0.3 is 10.6 Å². The lowest BCUT2D eigenvalue weighted by molar-refractivity contribution is 0.223. The predicted molar refractivity (Wildman–Crippen MR) is 42.0 cm³/mol. The second-order valence-electron chi connectivity index (χ2n) is 3.47. The maximum absolute atomic E-state index is 3.58. The summed E-state index contributed by atoms with van der Waals surface area (Å²) >= 11 is 0. The monoisotopic (exact) mass is 140 g/mol. The number of piperidine rings is 1. The van der Waals surface area contributed by atoms with Crippen LogP contribution in [0.5, 0.6) is 0 Å². The van der Waals surface area contributed by atoms with Crippen LogP contribution in [0.15, 0.2) is 0 Å². The van der Waals surface area contributed by atoms with Crippen LogP contribution < -0.4 is 10.6 Å². The van der Waals surface area contributed by atoms with Crippen molar-refractivity contribution in [3.8, 4) is 0 Å². The maximum atomic E-state index is 3.58. The van der Waals surface area contributed by atoms with Crippen molar-refractivity contribution in [3.05, 3.63) is 0 Å². The Kier molecular flexibility index (Phi) is 1.91. The van der Waals surface area contributed by atoms with Gasteiger partial charge in [-0.25, -0.2) is 0 Å². The van der Waals surface area contributed by atoms with Gasteiger partial charge in [0.05, 0.1) is 0 Å². The van der Waals surface area contributed by atoms with Crippen LogP contribution >= 0.6 is 0 Å². The molecule has 0 aliphatic carbocycles. The van der Waals surface area contributed by atoms with Crippen LogP contribution in [-0.4, -0.2) is 25.7 Å². The predicted octanol–water partition coefficient (Wildman–Crippen LogP) is 0.348. The van der Waals surface area contributed by atoms with Crippen molar-refractivity contribution in [2.75, 3.05) is 19.6 Å². The summed E-state index contributed by atoms with van der Waals surface area (Å²) in [5.74, 6) is 0.945. The van der Waals surface area contributed by atoms with Crippen molar-refractivity contribution >= 4 is 0 Å². The van der Waals surface area contributed by atoms with Gasteiger partial charge in [0, 0.05) is 19.1 Å². The molecule has 0 radical (unpaired) electrons. The second kappa shape index (κ2) is 2.89. The fourth-order valence-electron chi connectivity index (χ4n) is 1.88. The van der Waals surface area contributed by atoms with Crippen molar-refractivity contribution < 1.29 is 0 Å². The molecule has 2 N–H and O–H groups in total. The highest BCUT2D eigenvalue weighted by Gasteiger charge is 2.27. The molecule has 10 heavy (non-hydrogen) atoms. The molecule has 0 aromatic heterocycles. The average Bonchev–Trinajstić information content (AvgIpc) is 1.86. The summed E-state index contributed by atoms with van der Waals surface area (Å²) in [6.45, 7) is 3.75. The van der Waals surface area contributed by atoms with Gasteiger partial charge in [0.2, 0.25) is 0 Å². The van der Waals surface area contributed by atoms with Crippen LogP contribution in [-0.2, 0) is 0 Å². The summed E-state index contributed by atoms with van der Waals surface area (Å²) in [5, 5.41) is 6.90. The molecule has 2 saturated heterocycles. The Balaban J connectivity index is 1.78. The number of hydrogen-bond donors (Lipinski definition) is 2. The standard InChI is InChI=1S/C8H16N2/c1-2-4-10-8(3-1)7-5-9-6-7/h7-10H,1-6H2. The van der Waals surface area contributed by atoms with Crippen molar-refractivity contribution in [3.63, 3.8) is 0 Å². The van der Waals surface area contributed by atoms with Gasteiger partial charge in [-0.3, -0.25) is 0 Å². The van der Waals surface area contributed by atoms with Crippen LogP contribution in [0.3, 0.4) is 0 Å². The minimum absolute atomic E-state index is 0.843. The largest absolute Gasteiger partial charge is 0.316 e. The van der Waals surface area contributed by atoms with E-state index in [2.05, 4.69) is 10.6 Å². The summed E-state index contributed by atoms with van der Waals surface area (Å²) in [4.78, 5) is 0. The molecule has 2 rings (SSSR count). The summed E-state index contributed by atoms with van der Waals surface area (Å²) < 4.78 is 0. The lowest BCUT2D eigenvalue weighted by Gasteiger charge is -2.37. The third-order valence-corrected chi connectivity index (χ3v) is 2.73. The Morgan fingerprint density at radius 2 is 2.00 bits per heavy atom. The number of nitrogens with one attached hydrogen (secondary N) is 2. The summed E-state index contributed by atoms with van der Waals surface area (Å²) in [7, 11) is 0. The van der Waals surface area contributed by atoms with E-state index in [1.54, 1.807) is 0 Å². The van der Waals surface area contributed by atoms with Crippen LogP contribution in [0.4, 0.5) is 0 Å². The highest BCUT2D eigenvalue weighted by atomic mass is 15.0. The Labute approximate surface area is 62.4 Å². The van der Waals surface area contributed by atoms with E-state index >= 15 is 0 Å². The van der Waals surface area contributed by atoms with E-state index in [0.717, 1.165) is 12.0 Å². The van der Waals surface area contributed by atoms with E-state index in [-0.39, 0.29) is 0 Å². The number of hydrogen-bond acceptors (Lipinski definition) is 2. The van der Waals surface area contributed by atoms with Crippen molar-refractivity contribution in [2.45, 2.75) is 25.3 Å². The van der Waals surface area contributed by atoms with Crippen molar-refractivity contribution in [2.24, 2.45) is 5.92 Å². The maximum Gasteiger partial charge on any atom is 0.0120 e. The molecule has 2 fully saturated rings. The Hall–Kier alpha value is -0.0800. The Morgan fingerprint density at radius 3 is 2.50 bits per heavy atom. The molecule has 0 aromatic rings. The van der Waals surface area contributed by atoms with Crippen LogP contribution in [0, 0.1) is 5.92 Å². The first-order chi connectivity index (χ1) is 4.97. The highest BCUT2D eigenvalue weighted by molar-refractivity contribution is 4.87. The summed E-state index contributed by atoms with van der Waals surface area (Å²) in [6.07, 6.45) is 4.23. The molecule has 58 valence electrons. The normalized spacial score (nSPS) is 35.4. The van der Waals surface area contributed by atoms with Gasteiger partial charge in [-0.15, -0.1) is 0 Å². The van der Waals surface area contributed by atoms with E-state index in [1.165, 1.54) is 38.9 Å². The fourth-order valence-corrected chi connectivity index (χ4v) is 1.88. The van der Waals surface area contributed by atoms with Gasteiger partial charge in [-0.05, 0) is 25.3 Å². The van der Waals surface area contributed by atoms with Gasteiger partial charge in [0.1, 0.15) is 0 Å². The molecule has 2 nitrogen and oxygen atoms in total. The molecule has 2 aliphatic rings. The lowest BCUT2D eigenvalue weighted by atomic mass is 9.88. The quantitative estimate of drug-likeness (QED) is 0.549. The molecule has 0 bridgehead atoms. The van der Waals surface area contributed by atoms with Gasteiger partial charge >= 0.3 is 0 Å². The minimum Gasteiger partial charge on any atom is -0.316 e. The molecule has 2 heteroatoms. The summed E-state index contributed by atoms with van der Waals surface area (Å²) in [5.41, 5.74) is 0. The molecule has 1 atom stereocenters. The molecule has 2 heterocycles. The van der Waals surface area contributed by atoms with Crippen LogP contribution in [0.1, 0.15) is 19.3 Å². The third kappa shape index (κ3) is 1.18. The van der Waals surface area contributed by atoms with Crippen LogP contribution in [0.2, 0.25) is 0 Å². The van der Waals surface area contributed by atoms with Gasteiger partial charge in [0.25, 0.3) is 0 Å². The zero-order valence-electron chi connectivity index (χ0n) is 6.40. The van der Waals surface area contributed by atoms with Gasteiger partial charge in [-0.1, -0.05) is 6.42 Å². The van der Waals surface area contributed by atoms with E-state index in [4.69, 9.17) is 0 Å². The Bertz CT molecular complexity index is 104. The zero-order chi connectivity index (χ0) is 6.81. The SMILES string of the molecule is C1CCC(C2CNC2)NC1. The molecule has 0 amide bonds.